The van der Waals surface area contributed by atoms with Gasteiger partial charge in [0.25, 0.3) is 0 Å². The Bertz CT molecular complexity index is 705. The SMILES string of the molecule is Cc1ccc2[nH]c(CNC(=O)COC[C@H]3CCCCO3)nc2c1C. The molecule has 3 rings (SSSR count). The van der Waals surface area contributed by atoms with E-state index in [0.717, 1.165) is 41.9 Å². The van der Waals surface area contributed by atoms with E-state index >= 15 is 0 Å². The van der Waals surface area contributed by atoms with Gasteiger partial charge >= 0.3 is 0 Å². The summed E-state index contributed by atoms with van der Waals surface area (Å²) in [6.07, 6.45) is 3.44. The highest BCUT2D eigenvalue weighted by atomic mass is 16.5. The zero-order valence-corrected chi connectivity index (χ0v) is 14.4. The van der Waals surface area contributed by atoms with Crippen molar-refractivity contribution in [2.45, 2.75) is 45.8 Å². The molecule has 1 saturated heterocycles. The number of aromatic nitrogens is 2. The first-order valence-corrected chi connectivity index (χ1v) is 8.54. The fourth-order valence-corrected chi connectivity index (χ4v) is 2.90. The fourth-order valence-electron chi connectivity index (χ4n) is 2.90. The zero-order chi connectivity index (χ0) is 16.9. The molecule has 2 N–H and O–H groups in total. The van der Waals surface area contributed by atoms with Crippen LogP contribution in [-0.4, -0.2) is 41.8 Å². The molecule has 2 aromatic rings. The van der Waals surface area contributed by atoms with E-state index in [2.05, 4.69) is 35.2 Å². The molecule has 1 amide bonds. The molecule has 1 aliphatic rings. The molecule has 1 fully saturated rings. The average molecular weight is 331 g/mol. The van der Waals surface area contributed by atoms with Crippen LogP contribution in [0.1, 0.15) is 36.2 Å². The van der Waals surface area contributed by atoms with Crippen molar-refractivity contribution in [3.63, 3.8) is 0 Å². The van der Waals surface area contributed by atoms with Gasteiger partial charge in [-0.25, -0.2) is 4.98 Å². The molecule has 130 valence electrons. The van der Waals surface area contributed by atoms with Gasteiger partial charge in [0.1, 0.15) is 12.4 Å². The number of aromatic amines is 1. The molecule has 1 aromatic heterocycles. The Morgan fingerprint density at radius 3 is 3.08 bits per heavy atom. The quantitative estimate of drug-likeness (QED) is 0.852. The van der Waals surface area contributed by atoms with Crippen molar-refractivity contribution in [2.24, 2.45) is 0 Å². The van der Waals surface area contributed by atoms with E-state index in [1.165, 1.54) is 12.0 Å². The van der Waals surface area contributed by atoms with Crippen LogP contribution in [0.4, 0.5) is 0 Å². The minimum atomic E-state index is -0.140. The monoisotopic (exact) mass is 331 g/mol. The summed E-state index contributed by atoms with van der Waals surface area (Å²) in [6, 6.07) is 4.09. The molecule has 24 heavy (non-hydrogen) atoms. The van der Waals surface area contributed by atoms with Crippen molar-refractivity contribution >= 4 is 16.9 Å². The van der Waals surface area contributed by atoms with E-state index in [4.69, 9.17) is 9.47 Å². The minimum Gasteiger partial charge on any atom is -0.376 e. The van der Waals surface area contributed by atoms with Gasteiger partial charge in [-0.1, -0.05) is 6.07 Å². The Balaban J connectivity index is 1.45. The third-order valence-electron chi connectivity index (χ3n) is 4.49. The summed E-state index contributed by atoms with van der Waals surface area (Å²) in [7, 11) is 0. The van der Waals surface area contributed by atoms with Gasteiger partial charge in [0.2, 0.25) is 5.91 Å². The van der Waals surface area contributed by atoms with Gasteiger partial charge in [-0.15, -0.1) is 0 Å². The van der Waals surface area contributed by atoms with E-state index in [1.807, 2.05) is 6.07 Å². The molecule has 0 radical (unpaired) electrons. The number of fused-ring (bicyclic) bond motifs is 1. The molecule has 1 atom stereocenters. The molecule has 6 heteroatoms. The largest absolute Gasteiger partial charge is 0.376 e. The molecule has 0 bridgehead atoms. The van der Waals surface area contributed by atoms with Crippen LogP contribution >= 0.6 is 0 Å². The summed E-state index contributed by atoms with van der Waals surface area (Å²) < 4.78 is 11.0. The van der Waals surface area contributed by atoms with Gasteiger partial charge in [-0.05, 0) is 50.3 Å². The number of hydrogen-bond donors (Lipinski definition) is 2. The standard InChI is InChI=1S/C18H25N3O3/c1-12-6-7-15-18(13(12)2)21-16(20-15)9-19-17(22)11-23-10-14-5-3-4-8-24-14/h6-7,14H,3-5,8-11H2,1-2H3,(H,19,22)(H,20,21)/t14-/m1/s1. The molecular weight excluding hydrogens is 306 g/mol. The van der Waals surface area contributed by atoms with Crippen molar-refractivity contribution < 1.29 is 14.3 Å². The number of hydrogen-bond acceptors (Lipinski definition) is 4. The first-order chi connectivity index (χ1) is 11.6. The summed E-state index contributed by atoms with van der Waals surface area (Å²) in [6.45, 7) is 5.83. The van der Waals surface area contributed by atoms with Crippen LogP contribution in [-0.2, 0) is 20.8 Å². The lowest BCUT2D eigenvalue weighted by molar-refractivity contribution is -0.128. The van der Waals surface area contributed by atoms with Crippen LogP contribution in [0.2, 0.25) is 0 Å². The second-order valence-corrected chi connectivity index (χ2v) is 6.37. The number of amides is 1. The van der Waals surface area contributed by atoms with Crippen molar-refractivity contribution in [3.05, 3.63) is 29.1 Å². The minimum absolute atomic E-state index is 0.0538. The summed E-state index contributed by atoms with van der Waals surface area (Å²) in [5.74, 6) is 0.613. The Hall–Kier alpha value is -1.92. The smallest absolute Gasteiger partial charge is 0.246 e. The number of nitrogens with zero attached hydrogens (tertiary/aromatic N) is 1. The highest BCUT2D eigenvalue weighted by Gasteiger charge is 2.14. The van der Waals surface area contributed by atoms with Gasteiger partial charge < -0.3 is 19.8 Å². The van der Waals surface area contributed by atoms with Crippen molar-refractivity contribution in [2.75, 3.05) is 19.8 Å². The van der Waals surface area contributed by atoms with Crippen LogP contribution in [0.15, 0.2) is 12.1 Å². The number of rotatable bonds is 6. The van der Waals surface area contributed by atoms with Gasteiger partial charge in [0.05, 0.1) is 30.3 Å². The summed E-state index contributed by atoms with van der Waals surface area (Å²) in [5.41, 5.74) is 4.33. The third-order valence-corrected chi connectivity index (χ3v) is 4.49. The lowest BCUT2D eigenvalue weighted by Gasteiger charge is -2.22. The number of benzene rings is 1. The Morgan fingerprint density at radius 1 is 1.42 bits per heavy atom. The van der Waals surface area contributed by atoms with E-state index in [9.17, 15) is 4.79 Å². The van der Waals surface area contributed by atoms with Crippen molar-refractivity contribution in [1.82, 2.24) is 15.3 Å². The molecule has 0 aliphatic carbocycles. The Kier molecular flexibility index (Phi) is 5.48. The number of carbonyl (C=O) groups is 1. The number of H-pyrrole nitrogens is 1. The van der Waals surface area contributed by atoms with Gasteiger partial charge in [0, 0.05) is 6.61 Å². The van der Waals surface area contributed by atoms with E-state index in [-0.39, 0.29) is 18.6 Å². The first-order valence-electron chi connectivity index (χ1n) is 8.54. The molecule has 0 saturated carbocycles. The number of aryl methyl sites for hydroxylation is 2. The van der Waals surface area contributed by atoms with Crippen molar-refractivity contribution in [1.29, 1.82) is 0 Å². The van der Waals surface area contributed by atoms with E-state index in [1.54, 1.807) is 0 Å². The topological polar surface area (TPSA) is 76.2 Å². The van der Waals surface area contributed by atoms with Crippen LogP contribution in [0, 0.1) is 13.8 Å². The zero-order valence-electron chi connectivity index (χ0n) is 14.4. The van der Waals surface area contributed by atoms with Gasteiger partial charge in [-0.3, -0.25) is 4.79 Å². The summed E-state index contributed by atoms with van der Waals surface area (Å²) in [5, 5.41) is 2.83. The highest BCUT2D eigenvalue weighted by molar-refractivity contribution is 5.80. The molecule has 2 heterocycles. The molecule has 0 unspecified atom stereocenters. The maximum Gasteiger partial charge on any atom is 0.246 e. The molecular formula is C18H25N3O3. The van der Waals surface area contributed by atoms with Crippen LogP contribution in [0.5, 0.6) is 0 Å². The maximum atomic E-state index is 11.9. The Morgan fingerprint density at radius 2 is 2.29 bits per heavy atom. The first kappa shape index (κ1) is 16.9. The van der Waals surface area contributed by atoms with Crippen LogP contribution in [0.25, 0.3) is 11.0 Å². The number of imidazole rings is 1. The summed E-state index contributed by atoms with van der Waals surface area (Å²) >= 11 is 0. The van der Waals surface area contributed by atoms with Gasteiger partial charge in [-0.2, -0.15) is 0 Å². The summed E-state index contributed by atoms with van der Waals surface area (Å²) in [4.78, 5) is 19.7. The predicted molar refractivity (Wildman–Crippen MR) is 91.8 cm³/mol. The van der Waals surface area contributed by atoms with Crippen LogP contribution < -0.4 is 5.32 Å². The van der Waals surface area contributed by atoms with Crippen LogP contribution in [0.3, 0.4) is 0 Å². The normalized spacial score (nSPS) is 18.0. The lowest BCUT2D eigenvalue weighted by Crippen LogP contribution is -2.30. The van der Waals surface area contributed by atoms with Gasteiger partial charge in [0.15, 0.2) is 0 Å². The molecule has 1 aliphatic heterocycles. The second-order valence-electron chi connectivity index (χ2n) is 6.37. The van der Waals surface area contributed by atoms with E-state index < -0.39 is 0 Å². The predicted octanol–water partition coefficient (Wildman–Crippen LogP) is 2.38. The fraction of sp³-hybridized carbons (Fsp3) is 0.556. The third kappa shape index (κ3) is 4.13. The highest BCUT2D eigenvalue weighted by Crippen LogP contribution is 2.19. The number of nitrogens with one attached hydrogen (secondary N) is 2. The Labute approximate surface area is 141 Å². The van der Waals surface area contributed by atoms with Crippen molar-refractivity contribution in [3.8, 4) is 0 Å². The second kappa shape index (κ2) is 7.77. The average Bonchev–Trinajstić information content (AvgIpc) is 3.01. The molecule has 6 nitrogen and oxygen atoms in total. The van der Waals surface area contributed by atoms with E-state index in [0.29, 0.717) is 13.2 Å². The number of carbonyl (C=O) groups excluding carboxylic acids is 1. The lowest BCUT2D eigenvalue weighted by atomic mass is 10.1. The maximum absolute atomic E-state index is 11.9. The number of ether oxygens (including phenoxy) is 2. The molecule has 0 spiro atoms. The molecule has 1 aromatic carbocycles.